The van der Waals surface area contributed by atoms with E-state index in [0.717, 1.165) is 28.5 Å². The van der Waals surface area contributed by atoms with Crippen molar-refractivity contribution >= 4 is 32.6 Å². The lowest BCUT2D eigenvalue weighted by Gasteiger charge is -2.61. The Balaban J connectivity index is 1.24. The molecule has 2 heterocycles. The Hall–Kier alpha value is -5.61. The molecule has 4 nitrogen and oxygen atoms in total. The second-order valence-electron chi connectivity index (χ2n) is 15.6. The Morgan fingerprint density at radius 1 is 0.490 bits per heavy atom. The van der Waals surface area contributed by atoms with Gasteiger partial charge in [-0.15, -0.1) is 0 Å². The fourth-order valence-corrected chi connectivity index (χ4v) is 11.6. The Morgan fingerprint density at radius 3 is 1.78 bits per heavy atom. The average molecular weight is 657 g/mol. The summed E-state index contributed by atoms with van der Waals surface area (Å²) in [6, 6.07) is 48.4. The van der Waals surface area contributed by atoms with Gasteiger partial charge in [0.05, 0.1) is 11.0 Å². The highest BCUT2D eigenvalue weighted by Crippen LogP contribution is 2.70. The van der Waals surface area contributed by atoms with Crippen molar-refractivity contribution in [2.75, 3.05) is 0 Å². The summed E-state index contributed by atoms with van der Waals surface area (Å²) in [5.41, 5.74) is 10.4. The summed E-state index contributed by atoms with van der Waals surface area (Å²) < 4.78 is 2.35. The lowest BCUT2D eigenvalue weighted by atomic mass is 9.43. The van der Waals surface area contributed by atoms with Crippen LogP contribution in [0.2, 0.25) is 0 Å². The number of hydrogen-bond acceptors (Lipinski definition) is 3. The Morgan fingerprint density at radius 2 is 1.08 bits per heavy atom. The normalized spacial score (nSPS) is 24.2. The number of rotatable bonds is 3. The first-order valence-corrected chi connectivity index (χ1v) is 18.7. The van der Waals surface area contributed by atoms with Crippen LogP contribution in [0.1, 0.15) is 43.2 Å². The molecule has 1 spiro atoms. The fourth-order valence-electron chi connectivity index (χ4n) is 11.6. The van der Waals surface area contributed by atoms with Crippen molar-refractivity contribution in [2.45, 2.75) is 37.5 Å². The van der Waals surface area contributed by atoms with Crippen molar-refractivity contribution in [3.63, 3.8) is 0 Å². The fraction of sp³-hybridized carbons (Fsp3) is 0.213. The van der Waals surface area contributed by atoms with Crippen LogP contribution in [-0.4, -0.2) is 19.5 Å². The van der Waals surface area contributed by atoms with E-state index < -0.39 is 0 Å². The third-order valence-corrected chi connectivity index (χ3v) is 13.2. The zero-order valence-electron chi connectivity index (χ0n) is 28.3. The smallest absolute Gasteiger partial charge is 0.238 e. The molecule has 4 heteroatoms. The summed E-state index contributed by atoms with van der Waals surface area (Å²) in [5.74, 6) is 5.13. The lowest BCUT2D eigenvalue weighted by Crippen LogP contribution is -2.55. The molecular formula is C47H36N4. The summed E-state index contributed by atoms with van der Waals surface area (Å²) in [5, 5.41) is 5.28. The molecule has 6 aromatic carbocycles. The zero-order valence-corrected chi connectivity index (χ0v) is 28.3. The first kappa shape index (κ1) is 28.1. The molecule has 0 N–H and O–H groups in total. The van der Waals surface area contributed by atoms with Gasteiger partial charge in [-0.05, 0) is 101 Å². The summed E-state index contributed by atoms with van der Waals surface area (Å²) in [6.07, 6.45) is 6.85. The molecule has 0 radical (unpaired) electrons. The maximum Gasteiger partial charge on any atom is 0.238 e. The average Bonchev–Trinajstić information content (AvgIpc) is 3.68. The van der Waals surface area contributed by atoms with Crippen LogP contribution in [-0.2, 0) is 5.41 Å². The quantitative estimate of drug-likeness (QED) is 0.190. The molecule has 5 aliphatic carbocycles. The highest BCUT2D eigenvalue weighted by molar-refractivity contribution is 6.24. The molecule has 13 rings (SSSR count). The predicted molar refractivity (Wildman–Crippen MR) is 206 cm³/mol. The van der Waals surface area contributed by atoms with E-state index in [0.29, 0.717) is 29.4 Å². The second-order valence-corrected chi connectivity index (χ2v) is 15.6. The SMILES string of the molecule is c1ccc(-c2nc(-c3ccccc3)nc(-n3c4ccc5c(c4c4c6ccccc6ccc43)C3(c4ccccc4-5)C4CC5CC(C4)CC3C5)n2)cc1. The maximum absolute atomic E-state index is 5.30. The molecule has 4 fully saturated rings. The van der Waals surface area contributed by atoms with Gasteiger partial charge in [0.15, 0.2) is 11.6 Å². The molecule has 0 aliphatic heterocycles. The van der Waals surface area contributed by atoms with E-state index in [1.807, 2.05) is 12.1 Å². The van der Waals surface area contributed by atoms with Crippen molar-refractivity contribution in [2.24, 2.45) is 23.7 Å². The summed E-state index contributed by atoms with van der Waals surface area (Å²) >= 11 is 0. The van der Waals surface area contributed by atoms with Gasteiger partial charge in [-0.1, -0.05) is 121 Å². The van der Waals surface area contributed by atoms with E-state index in [1.54, 1.807) is 11.1 Å². The molecule has 2 aromatic heterocycles. The standard InChI is InChI=1S/C47H36N4/c1-3-12-31(13-4-1)44-48-45(32-14-5-2-6-15-32)50-46(49-44)51-39-21-19-30-11-7-8-16-35(30)41(39)42-40(51)22-20-37-36-17-9-10-18-38(36)47(43(37)42)33-24-28-23-29(26-33)27-34(47)25-28/h1-22,28-29,33-34H,23-27H2. The largest absolute Gasteiger partial charge is 0.278 e. The molecular weight excluding hydrogens is 621 g/mol. The van der Waals surface area contributed by atoms with Crippen LogP contribution >= 0.6 is 0 Å². The van der Waals surface area contributed by atoms with Crippen molar-refractivity contribution < 1.29 is 0 Å². The van der Waals surface area contributed by atoms with Crippen molar-refractivity contribution in [3.05, 3.63) is 145 Å². The minimum atomic E-state index is 0.0262. The first-order chi connectivity index (χ1) is 25.3. The van der Waals surface area contributed by atoms with Gasteiger partial charge in [-0.25, -0.2) is 4.98 Å². The van der Waals surface area contributed by atoms with E-state index in [1.165, 1.54) is 70.3 Å². The monoisotopic (exact) mass is 656 g/mol. The minimum Gasteiger partial charge on any atom is -0.278 e. The number of fused-ring (bicyclic) bond motifs is 9. The highest BCUT2D eigenvalue weighted by Gasteiger charge is 2.62. The highest BCUT2D eigenvalue weighted by atomic mass is 15.2. The first-order valence-electron chi connectivity index (χ1n) is 18.7. The van der Waals surface area contributed by atoms with Crippen LogP contribution in [0.4, 0.5) is 0 Å². The molecule has 244 valence electrons. The Bertz CT molecular complexity index is 2620. The van der Waals surface area contributed by atoms with E-state index in [4.69, 9.17) is 15.0 Å². The van der Waals surface area contributed by atoms with E-state index in [9.17, 15) is 0 Å². The van der Waals surface area contributed by atoms with Crippen LogP contribution in [0.3, 0.4) is 0 Å². The third kappa shape index (κ3) is 3.72. The van der Waals surface area contributed by atoms with Crippen LogP contribution in [0.5, 0.6) is 0 Å². The molecule has 0 saturated heterocycles. The predicted octanol–water partition coefficient (Wildman–Crippen LogP) is 11.2. The van der Waals surface area contributed by atoms with Crippen LogP contribution < -0.4 is 0 Å². The van der Waals surface area contributed by atoms with Gasteiger partial charge >= 0.3 is 0 Å². The molecule has 8 aromatic rings. The van der Waals surface area contributed by atoms with Crippen LogP contribution in [0.25, 0.3) is 72.4 Å². The molecule has 51 heavy (non-hydrogen) atoms. The molecule has 4 bridgehead atoms. The van der Waals surface area contributed by atoms with Crippen LogP contribution in [0, 0.1) is 23.7 Å². The van der Waals surface area contributed by atoms with Gasteiger partial charge in [0.1, 0.15) is 0 Å². The second kappa shape index (κ2) is 10.2. The van der Waals surface area contributed by atoms with Gasteiger partial charge in [0, 0.05) is 27.3 Å². The van der Waals surface area contributed by atoms with Crippen molar-refractivity contribution in [1.29, 1.82) is 0 Å². The number of hydrogen-bond donors (Lipinski definition) is 0. The summed E-state index contributed by atoms with van der Waals surface area (Å²) in [7, 11) is 0. The molecule has 4 saturated carbocycles. The van der Waals surface area contributed by atoms with Crippen LogP contribution in [0.15, 0.2) is 133 Å². The molecule has 0 atom stereocenters. The molecule has 0 amide bonds. The molecule has 5 aliphatic rings. The Labute approximate surface area is 296 Å². The summed E-state index contributed by atoms with van der Waals surface area (Å²) in [4.78, 5) is 15.7. The van der Waals surface area contributed by atoms with Gasteiger partial charge in [-0.2, -0.15) is 9.97 Å². The van der Waals surface area contributed by atoms with Gasteiger partial charge in [0.25, 0.3) is 0 Å². The van der Waals surface area contributed by atoms with E-state index in [2.05, 4.69) is 126 Å². The Kier molecular flexibility index (Phi) is 5.64. The van der Waals surface area contributed by atoms with E-state index >= 15 is 0 Å². The van der Waals surface area contributed by atoms with Gasteiger partial charge in [-0.3, -0.25) is 4.57 Å². The minimum absolute atomic E-state index is 0.0262. The van der Waals surface area contributed by atoms with Crippen molar-refractivity contribution in [3.8, 4) is 39.9 Å². The number of benzene rings is 6. The van der Waals surface area contributed by atoms with Gasteiger partial charge in [0.2, 0.25) is 5.95 Å². The molecule has 0 unspecified atom stereocenters. The number of aromatic nitrogens is 4. The third-order valence-electron chi connectivity index (χ3n) is 13.2. The van der Waals surface area contributed by atoms with Gasteiger partial charge < -0.3 is 0 Å². The number of nitrogens with zero attached hydrogens (tertiary/aromatic N) is 4. The van der Waals surface area contributed by atoms with Crippen molar-refractivity contribution in [1.82, 2.24) is 19.5 Å². The van der Waals surface area contributed by atoms with E-state index in [-0.39, 0.29) is 5.41 Å². The summed E-state index contributed by atoms with van der Waals surface area (Å²) in [6.45, 7) is 0. The lowest BCUT2D eigenvalue weighted by molar-refractivity contribution is -0.0393. The zero-order chi connectivity index (χ0) is 33.3. The maximum atomic E-state index is 5.30. The topological polar surface area (TPSA) is 43.6 Å².